The van der Waals surface area contributed by atoms with E-state index in [0.29, 0.717) is 5.69 Å². The molecule has 62 valence electrons. The highest BCUT2D eigenvalue weighted by molar-refractivity contribution is 5.52. The van der Waals surface area contributed by atoms with Gasteiger partial charge in [0.2, 0.25) is 0 Å². The van der Waals surface area contributed by atoms with Crippen LogP contribution in [0.1, 0.15) is 0 Å². The molecule has 4 nitrogen and oxygen atoms in total. The molecule has 0 atom stereocenters. The number of nitro groups is 1. The number of benzene rings is 1. The fourth-order valence-corrected chi connectivity index (χ4v) is 0.827. The van der Waals surface area contributed by atoms with Gasteiger partial charge in [-0.15, -0.1) is 0 Å². The van der Waals surface area contributed by atoms with Crippen LogP contribution in [0.5, 0.6) is 0 Å². The van der Waals surface area contributed by atoms with Crippen LogP contribution in [-0.2, 0) is 0 Å². The van der Waals surface area contributed by atoms with Gasteiger partial charge >= 0.3 is 0 Å². The highest BCUT2D eigenvalue weighted by Gasteiger charge is 2.03. The van der Waals surface area contributed by atoms with Crippen LogP contribution >= 0.6 is 0 Å². The molecule has 0 aliphatic carbocycles. The number of rotatable bonds is 3. The second-order valence-electron chi connectivity index (χ2n) is 2.16. The normalized spacial score (nSPS) is 9.00. The van der Waals surface area contributed by atoms with Gasteiger partial charge in [0.25, 0.3) is 5.69 Å². The van der Waals surface area contributed by atoms with Crippen LogP contribution in [0.25, 0.3) is 0 Å². The molecule has 12 heavy (non-hydrogen) atoms. The van der Waals surface area contributed by atoms with Crippen molar-refractivity contribution in [3.05, 3.63) is 47.2 Å². The highest BCUT2D eigenvalue weighted by Crippen LogP contribution is 2.16. The zero-order valence-corrected chi connectivity index (χ0v) is 6.36. The Morgan fingerprint density at radius 1 is 1.58 bits per heavy atom. The Balaban J connectivity index is 2.95. The molecule has 0 unspecified atom stereocenters. The third-order valence-electron chi connectivity index (χ3n) is 1.33. The first-order valence-electron chi connectivity index (χ1n) is 3.36. The van der Waals surface area contributed by atoms with Crippen molar-refractivity contribution in [1.82, 2.24) is 0 Å². The molecular weight excluding hydrogens is 156 g/mol. The van der Waals surface area contributed by atoms with Crippen molar-refractivity contribution in [2.24, 2.45) is 0 Å². The fourth-order valence-electron chi connectivity index (χ4n) is 0.827. The second-order valence-corrected chi connectivity index (χ2v) is 2.16. The number of nitro benzene ring substituents is 1. The van der Waals surface area contributed by atoms with Gasteiger partial charge in [-0.2, -0.15) is 0 Å². The van der Waals surface area contributed by atoms with Crippen molar-refractivity contribution in [3.8, 4) is 0 Å². The van der Waals surface area contributed by atoms with Crippen molar-refractivity contribution in [2.45, 2.75) is 0 Å². The highest BCUT2D eigenvalue weighted by atomic mass is 16.6. The summed E-state index contributed by atoms with van der Waals surface area (Å²) in [6.45, 7) is 3.45. The minimum absolute atomic E-state index is 0.0712. The van der Waals surface area contributed by atoms with E-state index in [2.05, 4.69) is 11.9 Å². The van der Waals surface area contributed by atoms with Gasteiger partial charge in [-0.25, -0.2) is 0 Å². The SMILES string of the molecule is C=CNc1cccc([N+](=O)[O-])c1. The first-order valence-corrected chi connectivity index (χ1v) is 3.36. The molecule has 0 fully saturated rings. The molecule has 0 aliphatic heterocycles. The second kappa shape index (κ2) is 3.52. The van der Waals surface area contributed by atoms with Gasteiger partial charge in [0.15, 0.2) is 0 Å². The maximum atomic E-state index is 10.3. The predicted molar refractivity (Wildman–Crippen MR) is 46.9 cm³/mol. The maximum Gasteiger partial charge on any atom is 0.271 e. The minimum Gasteiger partial charge on any atom is -0.362 e. The first kappa shape index (κ1) is 8.26. The van der Waals surface area contributed by atoms with Gasteiger partial charge < -0.3 is 5.32 Å². The van der Waals surface area contributed by atoms with Crippen LogP contribution in [0.2, 0.25) is 0 Å². The zero-order chi connectivity index (χ0) is 8.97. The van der Waals surface area contributed by atoms with Gasteiger partial charge in [0, 0.05) is 17.8 Å². The summed E-state index contributed by atoms with van der Waals surface area (Å²) in [7, 11) is 0. The summed E-state index contributed by atoms with van der Waals surface area (Å²) >= 11 is 0. The molecule has 1 aromatic carbocycles. The summed E-state index contributed by atoms with van der Waals surface area (Å²) in [6, 6.07) is 6.23. The average Bonchev–Trinajstić information content (AvgIpc) is 2.05. The standard InChI is InChI=1S/C8H8N2O2/c1-2-9-7-4-3-5-8(6-7)10(11)12/h2-6,9H,1H2. The quantitative estimate of drug-likeness (QED) is 0.550. The zero-order valence-electron chi connectivity index (χ0n) is 6.36. The number of hydrogen-bond donors (Lipinski definition) is 1. The van der Waals surface area contributed by atoms with Crippen molar-refractivity contribution >= 4 is 11.4 Å². The van der Waals surface area contributed by atoms with E-state index >= 15 is 0 Å². The minimum atomic E-state index is -0.436. The van der Waals surface area contributed by atoms with Gasteiger partial charge in [-0.3, -0.25) is 10.1 Å². The number of non-ortho nitro benzene ring substituents is 1. The Morgan fingerprint density at radius 3 is 2.92 bits per heavy atom. The van der Waals surface area contributed by atoms with Crippen LogP contribution in [0.4, 0.5) is 11.4 Å². The monoisotopic (exact) mass is 164 g/mol. The summed E-state index contributed by atoms with van der Waals surface area (Å²) in [6.07, 6.45) is 1.47. The van der Waals surface area contributed by atoms with E-state index in [1.165, 1.54) is 18.3 Å². The Bertz CT molecular complexity index is 310. The van der Waals surface area contributed by atoms with Crippen molar-refractivity contribution in [2.75, 3.05) is 5.32 Å². The van der Waals surface area contributed by atoms with Gasteiger partial charge in [0.05, 0.1) is 4.92 Å². The number of hydrogen-bond acceptors (Lipinski definition) is 3. The molecule has 0 spiro atoms. The van der Waals surface area contributed by atoms with Crippen LogP contribution in [-0.4, -0.2) is 4.92 Å². The van der Waals surface area contributed by atoms with Crippen molar-refractivity contribution in [1.29, 1.82) is 0 Å². The molecule has 1 N–H and O–H groups in total. The smallest absolute Gasteiger partial charge is 0.271 e. The van der Waals surface area contributed by atoms with Gasteiger partial charge in [-0.1, -0.05) is 12.6 Å². The van der Waals surface area contributed by atoms with E-state index in [-0.39, 0.29) is 5.69 Å². The average molecular weight is 164 g/mol. The van der Waals surface area contributed by atoms with Crippen LogP contribution < -0.4 is 5.32 Å². The molecule has 0 saturated carbocycles. The number of nitrogens with zero attached hydrogens (tertiary/aromatic N) is 1. The molecule has 0 heterocycles. The largest absolute Gasteiger partial charge is 0.362 e. The molecule has 0 radical (unpaired) electrons. The summed E-state index contributed by atoms with van der Waals surface area (Å²) in [5.41, 5.74) is 0.737. The molecule has 0 aromatic heterocycles. The number of nitrogens with one attached hydrogen (secondary N) is 1. The third-order valence-corrected chi connectivity index (χ3v) is 1.33. The van der Waals surface area contributed by atoms with E-state index in [1.54, 1.807) is 12.1 Å². The molecule has 1 aromatic rings. The van der Waals surface area contributed by atoms with E-state index in [4.69, 9.17) is 0 Å². The van der Waals surface area contributed by atoms with Crippen LogP contribution in [0, 0.1) is 10.1 Å². The summed E-state index contributed by atoms with van der Waals surface area (Å²) in [4.78, 5) is 9.87. The summed E-state index contributed by atoms with van der Waals surface area (Å²) in [5.74, 6) is 0. The summed E-state index contributed by atoms with van der Waals surface area (Å²) < 4.78 is 0. The van der Waals surface area contributed by atoms with Gasteiger partial charge in [-0.05, 0) is 12.3 Å². The van der Waals surface area contributed by atoms with Crippen LogP contribution in [0.3, 0.4) is 0 Å². The fraction of sp³-hybridized carbons (Fsp3) is 0. The lowest BCUT2D eigenvalue weighted by atomic mass is 10.3. The molecule has 0 aliphatic rings. The van der Waals surface area contributed by atoms with E-state index < -0.39 is 4.92 Å². The molecule has 0 saturated heterocycles. The van der Waals surface area contributed by atoms with E-state index in [1.807, 2.05) is 0 Å². The molecular formula is C8H8N2O2. The molecule has 4 heteroatoms. The topological polar surface area (TPSA) is 55.2 Å². The van der Waals surface area contributed by atoms with Gasteiger partial charge in [0.1, 0.15) is 0 Å². The summed E-state index contributed by atoms with van der Waals surface area (Å²) in [5, 5.41) is 13.1. The lowest BCUT2D eigenvalue weighted by molar-refractivity contribution is -0.384. The Hall–Kier alpha value is -1.84. The van der Waals surface area contributed by atoms with Crippen molar-refractivity contribution in [3.63, 3.8) is 0 Å². The van der Waals surface area contributed by atoms with Crippen molar-refractivity contribution < 1.29 is 4.92 Å². The van der Waals surface area contributed by atoms with Crippen LogP contribution in [0.15, 0.2) is 37.0 Å². The molecule has 0 bridgehead atoms. The Labute approximate surface area is 69.7 Å². The number of anilines is 1. The van der Waals surface area contributed by atoms with E-state index in [9.17, 15) is 10.1 Å². The predicted octanol–water partition coefficient (Wildman–Crippen LogP) is 2.15. The Morgan fingerprint density at radius 2 is 2.33 bits per heavy atom. The first-order chi connectivity index (χ1) is 5.74. The molecule has 1 rings (SSSR count). The van der Waals surface area contributed by atoms with E-state index in [0.717, 1.165) is 0 Å². The molecule has 0 amide bonds. The lowest BCUT2D eigenvalue weighted by Crippen LogP contribution is -1.90. The maximum absolute atomic E-state index is 10.3. The Kier molecular flexibility index (Phi) is 2.42. The third kappa shape index (κ3) is 1.82. The lowest BCUT2D eigenvalue weighted by Gasteiger charge is -1.98.